The van der Waals surface area contributed by atoms with E-state index in [0.29, 0.717) is 5.69 Å². The first kappa shape index (κ1) is 8.81. The fourth-order valence-corrected chi connectivity index (χ4v) is 1.56. The normalized spacial score (nSPS) is 10.4. The fraction of sp³-hybridized carbons (Fsp3) is 0.182. The molecule has 0 aliphatic rings. The highest BCUT2D eigenvalue weighted by atomic mass is 15.1. The number of hydrogen-bond acceptors (Lipinski definition) is 2. The standard InChI is InChI=1S/C11H13N3/c1-8-3-4-9(2)14(8)11-6-5-10(12)7-13-11/h3-7H,12H2,1-2H3. The predicted octanol–water partition coefficient (Wildman–Crippen LogP) is 2.07. The molecule has 0 aliphatic carbocycles. The van der Waals surface area contributed by atoms with Crippen LogP contribution in [0.5, 0.6) is 0 Å². The Hall–Kier alpha value is -1.77. The van der Waals surface area contributed by atoms with Crippen LogP contribution in [0.15, 0.2) is 30.5 Å². The highest BCUT2D eigenvalue weighted by Crippen LogP contribution is 2.14. The molecule has 2 rings (SSSR count). The van der Waals surface area contributed by atoms with Gasteiger partial charge in [-0.15, -0.1) is 0 Å². The number of anilines is 1. The summed E-state index contributed by atoms with van der Waals surface area (Å²) in [5.41, 5.74) is 8.64. The van der Waals surface area contributed by atoms with Gasteiger partial charge < -0.3 is 10.3 Å². The Labute approximate surface area is 83.2 Å². The molecule has 2 heterocycles. The molecule has 0 fully saturated rings. The lowest BCUT2D eigenvalue weighted by molar-refractivity contribution is 0.923. The second-order valence-electron chi connectivity index (χ2n) is 3.40. The van der Waals surface area contributed by atoms with Crippen molar-refractivity contribution >= 4 is 5.69 Å². The molecule has 0 unspecified atom stereocenters. The Morgan fingerprint density at radius 3 is 2.21 bits per heavy atom. The zero-order chi connectivity index (χ0) is 10.1. The Bertz CT molecular complexity index is 421. The minimum atomic E-state index is 0.691. The van der Waals surface area contributed by atoms with Gasteiger partial charge in [0.2, 0.25) is 0 Å². The van der Waals surface area contributed by atoms with Crippen molar-refractivity contribution in [2.45, 2.75) is 13.8 Å². The van der Waals surface area contributed by atoms with Crippen LogP contribution in [0.4, 0.5) is 5.69 Å². The predicted molar refractivity (Wildman–Crippen MR) is 57.5 cm³/mol. The molecule has 0 radical (unpaired) electrons. The number of aromatic nitrogens is 2. The molecule has 2 N–H and O–H groups in total. The van der Waals surface area contributed by atoms with Gasteiger partial charge in [0.15, 0.2) is 0 Å². The number of rotatable bonds is 1. The molecule has 0 saturated heterocycles. The Kier molecular flexibility index (Phi) is 2.00. The lowest BCUT2D eigenvalue weighted by atomic mass is 10.4. The third-order valence-corrected chi connectivity index (χ3v) is 2.27. The van der Waals surface area contributed by atoms with Crippen molar-refractivity contribution in [2.75, 3.05) is 5.73 Å². The van der Waals surface area contributed by atoms with Crippen molar-refractivity contribution < 1.29 is 0 Å². The van der Waals surface area contributed by atoms with Gasteiger partial charge in [-0.25, -0.2) is 4.98 Å². The molecule has 0 atom stereocenters. The molecule has 14 heavy (non-hydrogen) atoms. The summed E-state index contributed by atoms with van der Waals surface area (Å²) in [7, 11) is 0. The molecule has 0 spiro atoms. The molecular weight excluding hydrogens is 174 g/mol. The summed E-state index contributed by atoms with van der Waals surface area (Å²) in [6, 6.07) is 7.94. The average molecular weight is 187 g/mol. The van der Waals surface area contributed by atoms with Crippen molar-refractivity contribution in [3.05, 3.63) is 41.9 Å². The summed E-state index contributed by atoms with van der Waals surface area (Å²) in [6.45, 7) is 4.12. The van der Waals surface area contributed by atoms with Gasteiger partial charge >= 0.3 is 0 Å². The summed E-state index contributed by atoms with van der Waals surface area (Å²) in [5, 5.41) is 0. The van der Waals surface area contributed by atoms with E-state index in [2.05, 4.69) is 35.5 Å². The van der Waals surface area contributed by atoms with Crippen LogP contribution in [0.25, 0.3) is 5.82 Å². The smallest absolute Gasteiger partial charge is 0.137 e. The second kappa shape index (κ2) is 3.18. The van der Waals surface area contributed by atoms with Crippen LogP contribution in [0.2, 0.25) is 0 Å². The lowest BCUT2D eigenvalue weighted by Crippen LogP contribution is -2.01. The zero-order valence-electron chi connectivity index (χ0n) is 8.36. The first-order chi connectivity index (χ1) is 6.68. The molecule has 0 aliphatic heterocycles. The first-order valence-corrected chi connectivity index (χ1v) is 4.55. The van der Waals surface area contributed by atoms with Crippen molar-refractivity contribution in [1.29, 1.82) is 0 Å². The third-order valence-electron chi connectivity index (χ3n) is 2.27. The molecule has 0 saturated carbocycles. The Balaban J connectivity index is 2.54. The monoisotopic (exact) mass is 187 g/mol. The van der Waals surface area contributed by atoms with E-state index in [9.17, 15) is 0 Å². The van der Waals surface area contributed by atoms with E-state index in [1.807, 2.05) is 12.1 Å². The van der Waals surface area contributed by atoms with Crippen LogP contribution >= 0.6 is 0 Å². The quantitative estimate of drug-likeness (QED) is 0.742. The second-order valence-corrected chi connectivity index (χ2v) is 3.40. The van der Waals surface area contributed by atoms with E-state index in [1.54, 1.807) is 6.20 Å². The summed E-state index contributed by atoms with van der Waals surface area (Å²) in [4.78, 5) is 4.28. The highest BCUT2D eigenvalue weighted by Gasteiger charge is 2.03. The Morgan fingerprint density at radius 1 is 1.07 bits per heavy atom. The molecule has 0 bridgehead atoms. The summed E-state index contributed by atoms with van der Waals surface area (Å²) >= 11 is 0. The van der Waals surface area contributed by atoms with Gasteiger partial charge in [-0.1, -0.05) is 0 Å². The van der Waals surface area contributed by atoms with Gasteiger partial charge in [-0.05, 0) is 38.1 Å². The number of nitrogens with two attached hydrogens (primary N) is 1. The van der Waals surface area contributed by atoms with E-state index in [1.165, 1.54) is 11.4 Å². The number of pyridine rings is 1. The van der Waals surface area contributed by atoms with Crippen molar-refractivity contribution in [1.82, 2.24) is 9.55 Å². The van der Waals surface area contributed by atoms with Gasteiger partial charge in [0.1, 0.15) is 5.82 Å². The van der Waals surface area contributed by atoms with Crippen molar-refractivity contribution in [3.8, 4) is 5.82 Å². The minimum absolute atomic E-state index is 0.691. The average Bonchev–Trinajstić information content (AvgIpc) is 2.49. The van der Waals surface area contributed by atoms with E-state index in [-0.39, 0.29) is 0 Å². The van der Waals surface area contributed by atoms with Crippen molar-refractivity contribution in [3.63, 3.8) is 0 Å². The number of hydrogen-bond donors (Lipinski definition) is 1. The molecule has 2 aromatic heterocycles. The van der Waals surface area contributed by atoms with E-state index in [0.717, 1.165) is 5.82 Å². The van der Waals surface area contributed by atoms with E-state index >= 15 is 0 Å². The summed E-state index contributed by atoms with van der Waals surface area (Å²) in [6.07, 6.45) is 1.67. The summed E-state index contributed by atoms with van der Waals surface area (Å²) < 4.78 is 2.10. The molecule has 0 aromatic carbocycles. The van der Waals surface area contributed by atoms with Gasteiger partial charge in [0.25, 0.3) is 0 Å². The molecule has 3 heteroatoms. The molecule has 3 nitrogen and oxygen atoms in total. The maximum Gasteiger partial charge on any atom is 0.137 e. The first-order valence-electron chi connectivity index (χ1n) is 4.55. The minimum Gasteiger partial charge on any atom is -0.397 e. The van der Waals surface area contributed by atoms with Gasteiger partial charge in [-0.2, -0.15) is 0 Å². The third kappa shape index (κ3) is 1.37. The lowest BCUT2D eigenvalue weighted by Gasteiger charge is -2.07. The zero-order valence-corrected chi connectivity index (χ0v) is 8.36. The van der Waals surface area contributed by atoms with Crippen LogP contribution in [-0.4, -0.2) is 9.55 Å². The number of nitrogens with zero attached hydrogens (tertiary/aromatic N) is 2. The Morgan fingerprint density at radius 2 is 1.71 bits per heavy atom. The van der Waals surface area contributed by atoms with Gasteiger partial charge in [0.05, 0.1) is 11.9 Å². The van der Waals surface area contributed by atoms with Crippen LogP contribution in [0.1, 0.15) is 11.4 Å². The largest absolute Gasteiger partial charge is 0.397 e. The molecular formula is C11H13N3. The molecule has 2 aromatic rings. The van der Waals surface area contributed by atoms with E-state index < -0.39 is 0 Å². The van der Waals surface area contributed by atoms with E-state index in [4.69, 9.17) is 5.73 Å². The number of nitrogen functional groups attached to an aromatic ring is 1. The topological polar surface area (TPSA) is 43.8 Å². The van der Waals surface area contributed by atoms with Gasteiger partial charge in [0, 0.05) is 11.4 Å². The SMILES string of the molecule is Cc1ccc(C)n1-c1ccc(N)cn1. The maximum absolute atomic E-state index is 5.58. The fourth-order valence-electron chi connectivity index (χ4n) is 1.56. The van der Waals surface area contributed by atoms with Crippen LogP contribution < -0.4 is 5.73 Å². The maximum atomic E-state index is 5.58. The number of aryl methyl sites for hydroxylation is 2. The molecule has 72 valence electrons. The highest BCUT2D eigenvalue weighted by molar-refractivity contribution is 5.40. The van der Waals surface area contributed by atoms with Gasteiger partial charge in [-0.3, -0.25) is 0 Å². The van der Waals surface area contributed by atoms with Crippen molar-refractivity contribution in [2.24, 2.45) is 0 Å². The summed E-state index contributed by atoms with van der Waals surface area (Å²) in [5.74, 6) is 0.916. The van der Waals surface area contributed by atoms with Crippen LogP contribution in [-0.2, 0) is 0 Å². The van der Waals surface area contributed by atoms with Crippen LogP contribution in [0, 0.1) is 13.8 Å². The molecule has 0 amide bonds. The van der Waals surface area contributed by atoms with Crippen LogP contribution in [0.3, 0.4) is 0 Å².